The van der Waals surface area contributed by atoms with Crippen molar-refractivity contribution < 1.29 is 17.9 Å². The fraction of sp³-hybridized carbons (Fsp3) is 0.533. The average Bonchev–Trinajstić information content (AvgIpc) is 2.44. The second kappa shape index (κ2) is 6.97. The highest BCUT2D eigenvalue weighted by Gasteiger charge is 2.35. The number of benzene rings is 1. The number of nitrogens with one attached hydrogen (secondary N) is 1. The van der Waals surface area contributed by atoms with Crippen molar-refractivity contribution in [3.8, 4) is 5.75 Å². The molecule has 2 rings (SSSR count). The van der Waals surface area contributed by atoms with Crippen LogP contribution in [0.5, 0.6) is 5.75 Å². The Kier molecular flexibility index (Phi) is 5.41. The Morgan fingerprint density at radius 1 is 1.48 bits per heavy atom. The predicted octanol–water partition coefficient (Wildman–Crippen LogP) is 2.03. The molecule has 0 saturated heterocycles. The van der Waals surface area contributed by atoms with Crippen LogP contribution >= 0.6 is 11.6 Å². The lowest BCUT2D eigenvalue weighted by Crippen LogP contribution is -2.50. The van der Waals surface area contributed by atoms with Gasteiger partial charge >= 0.3 is 0 Å². The maximum atomic E-state index is 12.2. The molecule has 1 aliphatic rings. The van der Waals surface area contributed by atoms with Crippen molar-refractivity contribution in [2.75, 3.05) is 23.7 Å². The molecule has 1 aromatic carbocycles. The van der Waals surface area contributed by atoms with Gasteiger partial charge in [-0.25, -0.2) is 8.42 Å². The number of hydrogen-bond acceptors (Lipinski definition) is 4. The van der Waals surface area contributed by atoms with E-state index in [2.05, 4.69) is 19.2 Å². The van der Waals surface area contributed by atoms with Gasteiger partial charge in [0, 0.05) is 11.6 Å². The molecule has 1 aromatic rings. The van der Waals surface area contributed by atoms with Crippen LogP contribution in [0.1, 0.15) is 20.3 Å². The number of anilines is 1. The summed E-state index contributed by atoms with van der Waals surface area (Å²) in [6.45, 7) is 4.59. The number of carbonyl (C=O) groups excluding carboxylic acids is 1. The van der Waals surface area contributed by atoms with Crippen molar-refractivity contribution >= 4 is 33.2 Å². The van der Waals surface area contributed by atoms with Crippen LogP contribution in [0.2, 0.25) is 5.02 Å². The highest BCUT2D eigenvalue weighted by molar-refractivity contribution is 7.92. The van der Waals surface area contributed by atoms with E-state index in [1.165, 1.54) is 6.07 Å². The number of amides is 1. The van der Waals surface area contributed by atoms with Gasteiger partial charge in [0.15, 0.2) is 6.10 Å². The molecule has 1 atom stereocenters. The molecule has 0 aromatic heterocycles. The summed E-state index contributed by atoms with van der Waals surface area (Å²) >= 11 is 5.93. The molecule has 23 heavy (non-hydrogen) atoms. The van der Waals surface area contributed by atoms with Crippen LogP contribution in [0.15, 0.2) is 18.2 Å². The van der Waals surface area contributed by atoms with Crippen molar-refractivity contribution in [1.29, 1.82) is 0 Å². The normalized spacial score (nSPS) is 17.6. The van der Waals surface area contributed by atoms with E-state index in [-0.39, 0.29) is 12.5 Å². The van der Waals surface area contributed by atoms with E-state index in [1.807, 2.05) is 0 Å². The molecule has 6 nitrogen and oxygen atoms in total. The van der Waals surface area contributed by atoms with Gasteiger partial charge in [0.25, 0.3) is 5.91 Å². The number of hydrogen-bond donors (Lipinski definition) is 1. The number of carbonyl (C=O) groups is 1. The van der Waals surface area contributed by atoms with Gasteiger partial charge < -0.3 is 10.1 Å². The second-order valence-electron chi connectivity index (χ2n) is 5.99. The van der Waals surface area contributed by atoms with Crippen molar-refractivity contribution in [1.82, 2.24) is 5.32 Å². The minimum absolute atomic E-state index is 0.0698. The average molecular weight is 361 g/mol. The first-order chi connectivity index (χ1) is 10.7. The van der Waals surface area contributed by atoms with E-state index in [1.54, 1.807) is 12.1 Å². The first-order valence-corrected chi connectivity index (χ1v) is 9.62. The minimum Gasteiger partial charge on any atom is -0.476 e. The number of nitrogens with zero attached hydrogens (tertiary/aromatic N) is 1. The fourth-order valence-electron chi connectivity index (χ4n) is 2.27. The molecule has 0 fully saturated rings. The third kappa shape index (κ3) is 4.51. The highest BCUT2D eigenvalue weighted by atomic mass is 35.5. The van der Waals surface area contributed by atoms with Gasteiger partial charge in [0.2, 0.25) is 10.0 Å². The maximum absolute atomic E-state index is 12.2. The maximum Gasteiger partial charge on any atom is 0.263 e. The molecule has 0 radical (unpaired) electrons. The summed E-state index contributed by atoms with van der Waals surface area (Å²) in [5, 5.41) is 3.19. The van der Waals surface area contributed by atoms with Crippen LogP contribution in [0.25, 0.3) is 0 Å². The first kappa shape index (κ1) is 17.9. The first-order valence-electron chi connectivity index (χ1n) is 7.40. The van der Waals surface area contributed by atoms with Gasteiger partial charge in [-0.3, -0.25) is 9.10 Å². The summed E-state index contributed by atoms with van der Waals surface area (Å²) in [5.74, 6) is 0.480. The topological polar surface area (TPSA) is 75.7 Å². The second-order valence-corrected chi connectivity index (χ2v) is 8.33. The lowest BCUT2D eigenvalue weighted by molar-refractivity contribution is -0.127. The van der Waals surface area contributed by atoms with Crippen LogP contribution in [-0.4, -0.2) is 39.8 Å². The Labute approximate surface area is 141 Å². The number of halogens is 1. The van der Waals surface area contributed by atoms with E-state index >= 15 is 0 Å². The van der Waals surface area contributed by atoms with Gasteiger partial charge in [-0.1, -0.05) is 25.4 Å². The van der Waals surface area contributed by atoms with Crippen LogP contribution in [0.4, 0.5) is 5.69 Å². The van der Waals surface area contributed by atoms with Crippen LogP contribution < -0.4 is 14.4 Å². The highest BCUT2D eigenvalue weighted by Crippen LogP contribution is 2.37. The van der Waals surface area contributed by atoms with Crippen molar-refractivity contribution in [3.63, 3.8) is 0 Å². The zero-order valence-electron chi connectivity index (χ0n) is 13.4. The van der Waals surface area contributed by atoms with Crippen LogP contribution in [-0.2, 0) is 14.8 Å². The Hall–Kier alpha value is -1.47. The molecule has 1 unspecified atom stereocenters. The molecular weight excluding hydrogens is 340 g/mol. The zero-order chi connectivity index (χ0) is 17.2. The van der Waals surface area contributed by atoms with E-state index in [0.717, 1.165) is 17.0 Å². The third-order valence-corrected chi connectivity index (χ3v) is 4.89. The fourth-order valence-corrected chi connectivity index (χ4v) is 3.35. The van der Waals surface area contributed by atoms with Crippen molar-refractivity contribution in [2.45, 2.75) is 26.4 Å². The molecule has 0 aliphatic carbocycles. The molecule has 8 heteroatoms. The standard InChI is InChI=1S/C15H21ClN2O4S/c1-10(2)6-7-17-15(19)14-9-18(23(3,20)21)12-8-11(16)4-5-13(12)22-14/h4-5,8,10,14H,6-7,9H2,1-3H3,(H,17,19). The number of rotatable bonds is 5. The molecular formula is C15H21ClN2O4S. The molecule has 128 valence electrons. The molecule has 1 heterocycles. The summed E-state index contributed by atoms with van der Waals surface area (Å²) in [7, 11) is -3.54. The van der Waals surface area contributed by atoms with E-state index in [0.29, 0.717) is 28.9 Å². The van der Waals surface area contributed by atoms with Gasteiger partial charge in [-0.2, -0.15) is 0 Å². The van der Waals surface area contributed by atoms with Crippen LogP contribution in [0.3, 0.4) is 0 Å². The third-order valence-electron chi connectivity index (χ3n) is 3.50. The Morgan fingerprint density at radius 3 is 2.78 bits per heavy atom. The molecule has 1 aliphatic heterocycles. The van der Waals surface area contributed by atoms with E-state index in [9.17, 15) is 13.2 Å². The van der Waals surface area contributed by atoms with Crippen molar-refractivity contribution in [3.05, 3.63) is 23.2 Å². The Balaban J connectivity index is 2.20. The summed E-state index contributed by atoms with van der Waals surface area (Å²) < 4.78 is 30.9. The monoisotopic (exact) mass is 360 g/mol. The number of fused-ring (bicyclic) bond motifs is 1. The molecule has 0 spiro atoms. The Morgan fingerprint density at radius 2 is 2.17 bits per heavy atom. The molecule has 0 bridgehead atoms. The lowest BCUT2D eigenvalue weighted by Gasteiger charge is -2.34. The lowest BCUT2D eigenvalue weighted by atomic mass is 10.1. The van der Waals surface area contributed by atoms with Gasteiger partial charge in [0.05, 0.1) is 18.5 Å². The molecule has 0 saturated carbocycles. The van der Waals surface area contributed by atoms with E-state index < -0.39 is 16.1 Å². The largest absolute Gasteiger partial charge is 0.476 e. The Bertz CT molecular complexity index is 691. The van der Waals surface area contributed by atoms with Crippen LogP contribution in [0, 0.1) is 5.92 Å². The molecule has 1 N–H and O–H groups in total. The minimum atomic E-state index is -3.54. The van der Waals surface area contributed by atoms with Gasteiger partial charge in [-0.05, 0) is 30.5 Å². The van der Waals surface area contributed by atoms with Crippen molar-refractivity contribution in [2.24, 2.45) is 5.92 Å². The summed E-state index contributed by atoms with van der Waals surface area (Å²) in [4.78, 5) is 12.2. The molecule has 1 amide bonds. The van der Waals surface area contributed by atoms with Gasteiger partial charge in [0.1, 0.15) is 5.75 Å². The number of ether oxygens (including phenoxy) is 1. The summed E-state index contributed by atoms with van der Waals surface area (Å²) in [5.41, 5.74) is 0.353. The zero-order valence-corrected chi connectivity index (χ0v) is 14.9. The summed E-state index contributed by atoms with van der Waals surface area (Å²) in [6.07, 6.45) is 1.06. The smallest absolute Gasteiger partial charge is 0.263 e. The quantitative estimate of drug-likeness (QED) is 0.871. The SMILES string of the molecule is CC(C)CCNC(=O)C1CN(S(C)(=O)=O)c2cc(Cl)ccc2O1. The van der Waals surface area contributed by atoms with Gasteiger partial charge in [-0.15, -0.1) is 0 Å². The summed E-state index contributed by atoms with van der Waals surface area (Å²) in [6, 6.07) is 4.69. The number of sulfonamides is 1. The van der Waals surface area contributed by atoms with E-state index in [4.69, 9.17) is 16.3 Å². The predicted molar refractivity (Wildman–Crippen MR) is 90.5 cm³/mol.